The molecular weight excluding hydrogens is 232 g/mol. The Morgan fingerprint density at radius 2 is 1.88 bits per heavy atom. The van der Waals surface area contributed by atoms with Crippen molar-refractivity contribution in [3.8, 4) is 0 Å². The number of nitrogens with zero attached hydrogens (tertiary/aromatic N) is 1. The maximum absolute atomic E-state index is 6.20. The average Bonchev–Trinajstić information content (AvgIpc) is 2.39. The molecule has 94 valence electrons. The van der Waals surface area contributed by atoms with Gasteiger partial charge in [0.05, 0.1) is 0 Å². The summed E-state index contributed by atoms with van der Waals surface area (Å²) >= 11 is 6.20. The molecule has 1 aliphatic heterocycles. The Bertz CT molecular complexity index is 348. The lowest BCUT2D eigenvalue weighted by Crippen LogP contribution is -2.44. The summed E-state index contributed by atoms with van der Waals surface area (Å²) in [7, 11) is 0. The summed E-state index contributed by atoms with van der Waals surface area (Å²) in [5, 5.41) is 0.864. The number of piperidine rings is 1. The van der Waals surface area contributed by atoms with Gasteiger partial charge in [0.1, 0.15) is 0 Å². The minimum atomic E-state index is 0.440. The molecule has 0 saturated carbocycles. The van der Waals surface area contributed by atoms with Gasteiger partial charge in [-0.15, -0.1) is 0 Å². The van der Waals surface area contributed by atoms with E-state index in [1.54, 1.807) is 0 Å². The van der Waals surface area contributed by atoms with E-state index in [0.717, 1.165) is 11.4 Å². The van der Waals surface area contributed by atoms with E-state index in [1.165, 1.54) is 37.9 Å². The molecule has 1 aliphatic rings. The number of hydrogen-bond acceptors (Lipinski definition) is 2. The van der Waals surface area contributed by atoms with Crippen molar-refractivity contribution < 1.29 is 0 Å². The van der Waals surface area contributed by atoms with Gasteiger partial charge in [0, 0.05) is 17.6 Å². The van der Waals surface area contributed by atoms with Crippen molar-refractivity contribution in [1.82, 2.24) is 4.90 Å². The Labute approximate surface area is 109 Å². The van der Waals surface area contributed by atoms with Crippen molar-refractivity contribution in [2.75, 3.05) is 19.6 Å². The van der Waals surface area contributed by atoms with Gasteiger partial charge < -0.3 is 5.73 Å². The topological polar surface area (TPSA) is 29.3 Å². The smallest absolute Gasteiger partial charge is 0.0438 e. The standard InChI is InChI=1S/C14H21ClN2/c15-14-7-3-2-6-12(14)10-13(11-16)17-8-4-1-5-9-17/h2-3,6-7,13H,1,4-5,8-11,16H2. The molecule has 1 atom stereocenters. The van der Waals surface area contributed by atoms with E-state index in [0.29, 0.717) is 12.6 Å². The summed E-state index contributed by atoms with van der Waals surface area (Å²) in [6, 6.07) is 8.53. The normalized spacial score (nSPS) is 19.2. The van der Waals surface area contributed by atoms with Crippen LogP contribution in [0.25, 0.3) is 0 Å². The maximum Gasteiger partial charge on any atom is 0.0438 e. The quantitative estimate of drug-likeness (QED) is 0.893. The van der Waals surface area contributed by atoms with Gasteiger partial charge in [-0.3, -0.25) is 4.90 Å². The minimum absolute atomic E-state index is 0.440. The van der Waals surface area contributed by atoms with Gasteiger partial charge in [-0.1, -0.05) is 36.2 Å². The number of hydrogen-bond donors (Lipinski definition) is 1. The van der Waals surface area contributed by atoms with E-state index in [4.69, 9.17) is 17.3 Å². The van der Waals surface area contributed by atoms with E-state index in [-0.39, 0.29) is 0 Å². The summed E-state index contributed by atoms with van der Waals surface area (Å²) < 4.78 is 0. The number of benzene rings is 1. The van der Waals surface area contributed by atoms with Gasteiger partial charge in [-0.05, 0) is 44.0 Å². The number of halogens is 1. The van der Waals surface area contributed by atoms with E-state index >= 15 is 0 Å². The molecule has 1 fully saturated rings. The van der Waals surface area contributed by atoms with Crippen LogP contribution >= 0.6 is 11.6 Å². The largest absolute Gasteiger partial charge is 0.329 e. The van der Waals surface area contributed by atoms with Crippen LogP contribution in [0.5, 0.6) is 0 Å². The van der Waals surface area contributed by atoms with E-state index in [9.17, 15) is 0 Å². The second-order valence-corrected chi connectivity index (χ2v) is 5.19. The molecule has 0 bridgehead atoms. The molecule has 1 saturated heterocycles. The first kappa shape index (κ1) is 12.9. The molecule has 1 unspecified atom stereocenters. The molecule has 2 rings (SSSR count). The first-order chi connectivity index (χ1) is 8.31. The molecule has 0 spiro atoms. The average molecular weight is 253 g/mol. The molecule has 1 heterocycles. The number of nitrogens with two attached hydrogens (primary N) is 1. The third-order valence-corrected chi connectivity index (χ3v) is 3.96. The third kappa shape index (κ3) is 3.44. The summed E-state index contributed by atoms with van der Waals surface area (Å²) in [5.41, 5.74) is 7.13. The highest BCUT2D eigenvalue weighted by Crippen LogP contribution is 2.20. The summed E-state index contributed by atoms with van der Waals surface area (Å²) in [6.45, 7) is 3.09. The summed E-state index contributed by atoms with van der Waals surface area (Å²) in [6.07, 6.45) is 4.94. The Balaban J connectivity index is 2.01. The first-order valence-corrected chi connectivity index (χ1v) is 6.86. The highest BCUT2D eigenvalue weighted by atomic mass is 35.5. The zero-order chi connectivity index (χ0) is 12.1. The van der Waals surface area contributed by atoms with Crippen molar-refractivity contribution in [3.05, 3.63) is 34.9 Å². The Morgan fingerprint density at radius 3 is 2.53 bits per heavy atom. The van der Waals surface area contributed by atoms with Gasteiger partial charge in [0.25, 0.3) is 0 Å². The second-order valence-electron chi connectivity index (χ2n) is 4.78. The van der Waals surface area contributed by atoms with Crippen molar-refractivity contribution in [3.63, 3.8) is 0 Å². The molecule has 1 aromatic rings. The van der Waals surface area contributed by atoms with E-state index < -0.39 is 0 Å². The van der Waals surface area contributed by atoms with Gasteiger partial charge >= 0.3 is 0 Å². The lowest BCUT2D eigenvalue weighted by Gasteiger charge is -2.34. The van der Waals surface area contributed by atoms with Crippen LogP contribution in [0.1, 0.15) is 24.8 Å². The van der Waals surface area contributed by atoms with Crippen LogP contribution in [0.4, 0.5) is 0 Å². The van der Waals surface area contributed by atoms with E-state index in [1.807, 2.05) is 18.2 Å². The molecular formula is C14H21ClN2. The van der Waals surface area contributed by atoms with E-state index in [2.05, 4.69) is 11.0 Å². The second kappa shape index (κ2) is 6.39. The highest BCUT2D eigenvalue weighted by molar-refractivity contribution is 6.31. The zero-order valence-corrected chi connectivity index (χ0v) is 11.0. The number of rotatable bonds is 4. The Hall–Kier alpha value is -0.570. The molecule has 3 heteroatoms. The predicted octanol–water partition coefficient (Wildman–Crippen LogP) is 2.70. The fourth-order valence-electron chi connectivity index (χ4n) is 2.56. The van der Waals surface area contributed by atoms with Gasteiger partial charge in [-0.25, -0.2) is 0 Å². The van der Waals surface area contributed by atoms with Gasteiger partial charge in [0.15, 0.2) is 0 Å². The van der Waals surface area contributed by atoms with Crippen molar-refractivity contribution >= 4 is 11.6 Å². The third-order valence-electron chi connectivity index (χ3n) is 3.59. The highest BCUT2D eigenvalue weighted by Gasteiger charge is 2.20. The fraction of sp³-hybridized carbons (Fsp3) is 0.571. The van der Waals surface area contributed by atoms with Crippen LogP contribution in [-0.4, -0.2) is 30.6 Å². The minimum Gasteiger partial charge on any atom is -0.329 e. The lowest BCUT2D eigenvalue weighted by molar-refractivity contribution is 0.166. The van der Waals surface area contributed by atoms with Crippen LogP contribution in [0.3, 0.4) is 0 Å². The van der Waals surface area contributed by atoms with Gasteiger partial charge in [0.2, 0.25) is 0 Å². The Kier molecular flexibility index (Phi) is 4.84. The molecule has 0 amide bonds. The molecule has 2 nitrogen and oxygen atoms in total. The Morgan fingerprint density at radius 1 is 1.18 bits per heavy atom. The predicted molar refractivity (Wildman–Crippen MR) is 73.4 cm³/mol. The first-order valence-electron chi connectivity index (χ1n) is 6.49. The monoisotopic (exact) mass is 252 g/mol. The lowest BCUT2D eigenvalue weighted by atomic mass is 10.0. The molecule has 0 aromatic heterocycles. The molecule has 0 aliphatic carbocycles. The van der Waals surface area contributed by atoms with Crippen LogP contribution in [0.15, 0.2) is 24.3 Å². The van der Waals surface area contributed by atoms with Crippen LogP contribution in [0.2, 0.25) is 5.02 Å². The maximum atomic E-state index is 6.20. The molecule has 0 radical (unpaired) electrons. The zero-order valence-electron chi connectivity index (χ0n) is 10.2. The molecule has 1 aromatic carbocycles. The van der Waals surface area contributed by atoms with Crippen molar-refractivity contribution in [1.29, 1.82) is 0 Å². The molecule has 2 N–H and O–H groups in total. The summed E-state index contributed by atoms with van der Waals surface area (Å²) in [4.78, 5) is 2.52. The molecule has 17 heavy (non-hydrogen) atoms. The van der Waals surface area contributed by atoms with Gasteiger partial charge in [-0.2, -0.15) is 0 Å². The van der Waals surface area contributed by atoms with Crippen LogP contribution in [0, 0.1) is 0 Å². The van der Waals surface area contributed by atoms with Crippen LogP contribution < -0.4 is 5.73 Å². The summed E-state index contributed by atoms with van der Waals surface area (Å²) in [5.74, 6) is 0. The van der Waals surface area contributed by atoms with Crippen LogP contribution in [-0.2, 0) is 6.42 Å². The fourth-order valence-corrected chi connectivity index (χ4v) is 2.78. The number of likely N-dealkylation sites (tertiary alicyclic amines) is 1. The van der Waals surface area contributed by atoms with Crippen molar-refractivity contribution in [2.45, 2.75) is 31.7 Å². The van der Waals surface area contributed by atoms with Crippen molar-refractivity contribution in [2.24, 2.45) is 5.73 Å². The SMILES string of the molecule is NCC(Cc1ccccc1Cl)N1CCCCC1.